The number of anilines is 1. The van der Waals surface area contributed by atoms with Gasteiger partial charge in [-0.2, -0.15) is 10.2 Å². The second-order valence-corrected chi connectivity index (χ2v) is 6.21. The van der Waals surface area contributed by atoms with Crippen LogP contribution in [0.5, 0.6) is 0 Å². The van der Waals surface area contributed by atoms with E-state index in [4.69, 9.17) is 0 Å². The van der Waals surface area contributed by atoms with Crippen LogP contribution in [0, 0.1) is 5.92 Å². The summed E-state index contributed by atoms with van der Waals surface area (Å²) in [4.78, 5) is 12.3. The van der Waals surface area contributed by atoms with Crippen LogP contribution in [0.25, 0.3) is 0 Å². The molecular weight excluding hydrogens is 302 g/mol. The van der Waals surface area contributed by atoms with Gasteiger partial charge in [0, 0.05) is 18.9 Å². The summed E-state index contributed by atoms with van der Waals surface area (Å²) >= 11 is 0. The molecule has 1 aromatic carbocycles. The molecule has 0 aliphatic carbocycles. The van der Waals surface area contributed by atoms with Crippen molar-refractivity contribution in [3.63, 3.8) is 0 Å². The van der Waals surface area contributed by atoms with Crippen molar-refractivity contribution in [2.24, 2.45) is 5.92 Å². The summed E-state index contributed by atoms with van der Waals surface area (Å²) in [7, 11) is 0. The zero-order valence-electron chi connectivity index (χ0n) is 13.9. The standard InChI is InChI=1S/C18H21N5O/c1-14(2)10-22-12-16(8-19-22)18(24)21-17-9-20-23(13-17)11-15-6-4-3-5-7-15/h3-9,12-14H,10-11H2,1-2H3,(H,21,24). The van der Waals surface area contributed by atoms with Crippen LogP contribution in [0.3, 0.4) is 0 Å². The molecule has 3 rings (SSSR count). The van der Waals surface area contributed by atoms with Crippen LogP contribution in [-0.2, 0) is 13.1 Å². The minimum absolute atomic E-state index is 0.177. The number of benzene rings is 1. The van der Waals surface area contributed by atoms with Gasteiger partial charge in [0.25, 0.3) is 5.91 Å². The highest BCUT2D eigenvalue weighted by Crippen LogP contribution is 2.10. The second-order valence-electron chi connectivity index (χ2n) is 6.21. The normalized spacial score (nSPS) is 11.0. The van der Waals surface area contributed by atoms with Gasteiger partial charge in [-0.1, -0.05) is 44.2 Å². The third kappa shape index (κ3) is 4.10. The van der Waals surface area contributed by atoms with E-state index in [0.29, 0.717) is 23.7 Å². The van der Waals surface area contributed by atoms with Gasteiger partial charge in [0.1, 0.15) is 0 Å². The van der Waals surface area contributed by atoms with E-state index in [-0.39, 0.29) is 5.91 Å². The largest absolute Gasteiger partial charge is 0.319 e. The minimum atomic E-state index is -0.177. The lowest BCUT2D eigenvalue weighted by atomic mass is 10.2. The summed E-state index contributed by atoms with van der Waals surface area (Å²) in [6.45, 7) is 5.69. The molecule has 124 valence electrons. The maximum absolute atomic E-state index is 12.3. The molecule has 1 N–H and O–H groups in total. The number of hydrogen-bond donors (Lipinski definition) is 1. The number of carbonyl (C=O) groups excluding carboxylic acids is 1. The number of carbonyl (C=O) groups is 1. The van der Waals surface area contributed by atoms with Gasteiger partial charge in [-0.3, -0.25) is 14.2 Å². The minimum Gasteiger partial charge on any atom is -0.319 e. The third-order valence-electron chi connectivity index (χ3n) is 3.53. The highest BCUT2D eigenvalue weighted by molar-refractivity contribution is 6.03. The monoisotopic (exact) mass is 323 g/mol. The van der Waals surface area contributed by atoms with E-state index in [0.717, 1.165) is 12.1 Å². The number of nitrogens with zero attached hydrogens (tertiary/aromatic N) is 4. The quantitative estimate of drug-likeness (QED) is 0.758. The molecule has 0 saturated carbocycles. The van der Waals surface area contributed by atoms with Crippen molar-refractivity contribution in [1.29, 1.82) is 0 Å². The SMILES string of the molecule is CC(C)Cn1cc(C(=O)Nc2cnn(Cc3ccccc3)c2)cn1. The zero-order valence-corrected chi connectivity index (χ0v) is 13.9. The molecule has 6 nitrogen and oxygen atoms in total. The molecule has 0 unspecified atom stereocenters. The summed E-state index contributed by atoms with van der Waals surface area (Å²) in [6, 6.07) is 10.1. The highest BCUT2D eigenvalue weighted by Gasteiger charge is 2.11. The van der Waals surface area contributed by atoms with Crippen molar-refractivity contribution in [2.75, 3.05) is 5.32 Å². The maximum Gasteiger partial charge on any atom is 0.258 e. The van der Waals surface area contributed by atoms with Crippen molar-refractivity contribution in [3.8, 4) is 0 Å². The first kappa shape index (κ1) is 16.0. The summed E-state index contributed by atoms with van der Waals surface area (Å²) in [5, 5.41) is 11.4. The molecule has 0 spiro atoms. The fourth-order valence-corrected chi connectivity index (χ4v) is 2.44. The van der Waals surface area contributed by atoms with Gasteiger partial charge in [0.15, 0.2) is 0 Å². The number of rotatable bonds is 6. The molecule has 0 aliphatic rings. The Hall–Kier alpha value is -2.89. The van der Waals surface area contributed by atoms with Crippen molar-refractivity contribution in [2.45, 2.75) is 26.9 Å². The predicted molar refractivity (Wildman–Crippen MR) is 92.8 cm³/mol. The average molecular weight is 323 g/mol. The Bertz CT molecular complexity index is 804. The Balaban J connectivity index is 1.62. The molecule has 2 aromatic heterocycles. The predicted octanol–water partition coefficient (Wildman–Crippen LogP) is 3.04. The van der Waals surface area contributed by atoms with Gasteiger partial charge >= 0.3 is 0 Å². The molecule has 24 heavy (non-hydrogen) atoms. The Morgan fingerprint density at radius 3 is 2.58 bits per heavy atom. The lowest BCUT2D eigenvalue weighted by molar-refractivity contribution is 0.102. The van der Waals surface area contributed by atoms with Gasteiger partial charge in [-0.15, -0.1) is 0 Å². The van der Waals surface area contributed by atoms with Gasteiger partial charge in [-0.05, 0) is 11.5 Å². The van der Waals surface area contributed by atoms with Crippen LogP contribution in [0.15, 0.2) is 55.1 Å². The summed E-state index contributed by atoms with van der Waals surface area (Å²) in [5.74, 6) is 0.307. The Morgan fingerprint density at radius 2 is 1.83 bits per heavy atom. The molecular formula is C18H21N5O. The van der Waals surface area contributed by atoms with Crippen molar-refractivity contribution in [1.82, 2.24) is 19.6 Å². The molecule has 1 amide bonds. The van der Waals surface area contributed by atoms with E-state index in [2.05, 4.69) is 29.4 Å². The summed E-state index contributed by atoms with van der Waals surface area (Å²) in [6.07, 6.45) is 6.83. The first-order chi connectivity index (χ1) is 11.6. The van der Waals surface area contributed by atoms with Gasteiger partial charge in [0.2, 0.25) is 0 Å². The maximum atomic E-state index is 12.3. The third-order valence-corrected chi connectivity index (χ3v) is 3.53. The van der Waals surface area contributed by atoms with Gasteiger partial charge < -0.3 is 5.32 Å². The lowest BCUT2D eigenvalue weighted by Gasteiger charge is -2.03. The van der Waals surface area contributed by atoms with Crippen LogP contribution in [0.4, 0.5) is 5.69 Å². The molecule has 0 atom stereocenters. The first-order valence-electron chi connectivity index (χ1n) is 8.00. The summed E-state index contributed by atoms with van der Waals surface area (Å²) in [5.41, 5.74) is 2.38. The molecule has 0 fully saturated rings. The Morgan fingerprint density at radius 1 is 1.08 bits per heavy atom. The molecule has 6 heteroatoms. The fourth-order valence-electron chi connectivity index (χ4n) is 2.44. The Kier molecular flexibility index (Phi) is 4.74. The molecule has 0 aliphatic heterocycles. The molecule has 0 bridgehead atoms. The first-order valence-corrected chi connectivity index (χ1v) is 8.00. The molecule has 2 heterocycles. The van der Waals surface area contributed by atoms with E-state index >= 15 is 0 Å². The van der Waals surface area contributed by atoms with Gasteiger partial charge in [-0.25, -0.2) is 0 Å². The molecule has 0 radical (unpaired) electrons. The number of hydrogen-bond acceptors (Lipinski definition) is 3. The fraction of sp³-hybridized carbons (Fsp3) is 0.278. The van der Waals surface area contributed by atoms with Crippen molar-refractivity contribution < 1.29 is 4.79 Å². The van der Waals surface area contributed by atoms with Crippen molar-refractivity contribution in [3.05, 3.63) is 66.2 Å². The van der Waals surface area contributed by atoms with Crippen LogP contribution >= 0.6 is 0 Å². The lowest BCUT2D eigenvalue weighted by Crippen LogP contribution is -2.11. The van der Waals surface area contributed by atoms with E-state index in [1.807, 2.05) is 36.5 Å². The van der Waals surface area contributed by atoms with E-state index in [9.17, 15) is 4.79 Å². The van der Waals surface area contributed by atoms with E-state index in [1.165, 1.54) is 0 Å². The average Bonchev–Trinajstić information content (AvgIpc) is 3.17. The molecule has 3 aromatic rings. The van der Waals surface area contributed by atoms with Crippen molar-refractivity contribution >= 4 is 11.6 Å². The highest BCUT2D eigenvalue weighted by atomic mass is 16.1. The number of aromatic nitrogens is 4. The Labute approximate surface area is 141 Å². The zero-order chi connectivity index (χ0) is 16.9. The van der Waals surface area contributed by atoms with Crippen LogP contribution < -0.4 is 5.32 Å². The number of amides is 1. The molecule has 0 saturated heterocycles. The van der Waals surface area contributed by atoms with Crippen LogP contribution in [-0.4, -0.2) is 25.5 Å². The van der Waals surface area contributed by atoms with E-state index in [1.54, 1.807) is 28.0 Å². The smallest absolute Gasteiger partial charge is 0.258 e. The summed E-state index contributed by atoms with van der Waals surface area (Å²) < 4.78 is 3.59. The van der Waals surface area contributed by atoms with Crippen LogP contribution in [0.2, 0.25) is 0 Å². The number of nitrogens with one attached hydrogen (secondary N) is 1. The topological polar surface area (TPSA) is 64.7 Å². The van der Waals surface area contributed by atoms with Gasteiger partial charge in [0.05, 0.1) is 30.2 Å². The van der Waals surface area contributed by atoms with Crippen LogP contribution in [0.1, 0.15) is 29.8 Å². The second kappa shape index (κ2) is 7.12. The van der Waals surface area contributed by atoms with E-state index < -0.39 is 0 Å².